The average Bonchev–Trinajstić information content (AvgIpc) is 3.14. The van der Waals surface area contributed by atoms with Gasteiger partial charge in [-0.3, -0.25) is 14.5 Å². The standard InChI is InChI=1S/C43H41ClN2O6/c1-43(2,3)52-42(49)46-27-25-31-18-23-36(51-40(32-12-8-5-9-13-32)33-14-19-34(44)20-15-33)28-37(31)39(46)41(48)45-26-24-38(47)50-35-21-16-30(17-22-35)29-10-6-4-7-11-29/h4-23,28,39-40H,24-27H2,1-3H3,(H,45,48)/t39-,40-/m0/s1. The van der Waals surface area contributed by atoms with E-state index in [0.717, 1.165) is 27.8 Å². The summed E-state index contributed by atoms with van der Waals surface area (Å²) >= 11 is 6.19. The third-order valence-electron chi connectivity index (χ3n) is 8.57. The van der Waals surface area contributed by atoms with Crippen molar-refractivity contribution in [3.05, 3.63) is 155 Å². The largest absolute Gasteiger partial charge is 0.481 e. The number of amides is 2. The molecule has 6 rings (SSSR count). The number of fused-ring (bicyclic) bond motifs is 1. The summed E-state index contributed by atoms with van der Waals surface area (Å²) in [4.78, 5) is 41.7. The summed E-state index contributed by atoms with van der Waals surface area (Å²) < 4.78 is 17.9. The van der Waals surface area contributed by atoms with Crippen LogP contribution in [0.1, 0.15) is 61.6 Å². The summed E-state index contributed by atoms with van der Waals surface area (Å²) in [7, 11) is 0. The first kappa shape index (κ1) is 36.2. The molecule has 2 amide bonds. The van der Waals surface area contributed by atoms with Gasteiger partial charge in [0, 0.05) is 18.1 Å². The van der Waals surface area contributed by atoms with Crippen molar-refractivity contribution >= 4 is 29.6 Å². The van der Waals surface area contributed by atoms with Crippen LogP contribution in [0.5, 0.6) is 11.5 Å². The van der Waals surface area contributed by atoms with Crippen LogP contribution in [0, 0.1) is 0 Å². The SMILES string of the molecule is CC(C)(C)OC(=O)N1CCc2ccc(O[C@@H](c3ccccc3)c3ccc(Cl)cc3)cc2[C@H]1C(=O)NCCC(=O)Oc1ccc(-c2ccccc2)cc1. The summed E-state index contributed by atoms with van der Waals surface area (Å²) in [6.07, 6.45) is -0.615. The first-order chi connectivity index (χ1) is 25.0. The molecular weight excluding hydrogens is 676 g/mol. The van der Waals surface area contributed by atoms with E-state index in [1.807, 2.05) is 115 Å². The highest BCUT2D eigenvalue weighted by Crippen LogP contribution is 2.36. The molecule has 1 aliphatic heterocycles. The third-order valence-corrected chi connectivity index (χ3v) is 8.82. The van der Waals surface area contributed by atoms with Crippen LogP contribution in [0.2, 0.25) is 5.02 Å². The molecule has 0 radical (unpaired) electrons. The Balaban J connectivity index is 1.19. The van der Waals surface area contributed by atoms with Gasteiger partial charge in [0.2, 0.25) is 5.91 Å². The molecule has 0 aliphatic carbocycles. The first-order valence-electron chi connectivity index (χ1n) is 17.3. The highest BCUT2D eigenvalue weighted by Gasteiger charge is 2.38. The van der Waals surface area contributed by atoms with E-state index in [-0.39, 0.29) is 19.5 Å². The number of nitrogens with zero attached hydrogens (tertiary/aromatic N) is 1. The smallest absolute Gasteiger partial charge is 0.411 e. The Morgan fingerprint density at radius 2 is 1.40 bits per heavy atom. The minimum Gasteiger partial charge on any atom is -0.481 e. The number of rotatable bonds is 10. The van der Waals surface area contributed by atoms with E-state index in [9.17, 15) is 14.4 Å². The average molecular weight is 717 g/mol. The van der Waals surface area contributed by atoms with E-state index < -0.39 is 35.7 Å². The molecule has 5 aromatic rings. The number of carbonyl (C=O) groups is 3. The van der Waals surface area contributed by atoms with Gasteiger partial charge in [-0.2, -0.15) is 0 Å². The summed E-state index contributed by atoms with van der Waals surface area (Å²) in [6.45, 7) is 5.64. The number of carbonyl (C=O) groups excluding carboxylic acids is 3. The Labute approximate surface area is 309 Å². The highest BCUT2D eigenvalue weighted by atomic mass is 35.5. The van der Waals surface area contributed by atoms with Crippen LogP contribution in [0.4, 0.5) is 4.79 Å². The molecule has 1 N–H and O–H groups in total. The molecular formula is C43H41ClN2O6. The lowest BCUT2D eigenvalue weighted by Crippen LogP contribution is -2.49. The van der Waals surface area contributed by atoms with Crippen molar-refractivity contribution in [2.24, 2.45) is 0 Å². The Kier molecular flexibility index (Phi) is 11.3. The molecule has 8 nitrogen and oxygen atoms in total. The van der Waals surface area contributed by atoms with Crippen molar-refractivity contribution in [2.45, 2.75) is 51.4 Å². The predicted molar refractivity (Wildman–Crippen MR) is 201 cm³/mol. The van der Waals surface area contributed by atoms with Crippen LogP contribution in [0.25, 0.3) is 11.1 Å². The molecule has 52 heavy (non-hydrogen) atoms. The van der Waals surface area contributed by atoms with Crippen LogP contribution in [0.15, 0.2) is 127 Å². The molecule has 1 heterocycles. The van der Waals surface area contributed by atoms with Gasteiger partial charge in [-0.15, -0.1) is 0 Å². The van der Waals surface area contributed by atoms with E-state index in [1.165, 1.54) is 4.90 Å². The van der Waals surface area contributed by atoms with Gasteiger partial charge < -0.3 is 19.5 Å². The second-order valence-corrected chi connectivity index (χ2v) is 14.0. The van der Waals surface area contributed by atoms with E-state index in [2.05, 4.69) is 5.32 Å². The fourth-order valence-corrected chi connectivity index (χ4v) is 6.24. The van der Waals surface area contributed by atoms with Crippen molar-refractivity contribution in [1.82, 2.24) is 10.2 Å². The van der Waals surface area contributed by atoms with Gasteiger partial charge in [-0.25, -0.2) is 4.79 Å². The van der Waals surface area contributed by atoms with E-state index in [1.54, 1.807) is 32.9 Å². The summed E-state index contributed by atoms with van der Waals surface area (Å²) in [6, 6.07) is 39.1. The quantitative estimate of drug-likeness (QED) is 0.114. The third kappa shape index (κ3) is 9.19. The van der Waals surface area contributed by atoms with Crippen LogP contribution >= 0.6 is 11.6 Å². The van der Waals surface area contributed by atoms with Crippen molar-refractivity contribution in [3.8, 4) is 22.6 Å². The van der Waals surface area contributed by atoms with Gasteiger partial charge in [0.05, 0.1) is 6.42 Å². The number of benzene rings is 5. The van der Waals surface area contributed by atoms with E-state index in [0.29, 0.717) is 28.5 Å². The zero-order valence-electron chi connectivity index (χ0n) is 29.4. The molecule has 2 atom stereocenters. The van der Waals surface area contributed by atoms with Gasteiger partial charge in [0.1, 0.15) is 29.2 Å². The maximum Gasteiger partial charge on any atom is 0.411 e. The number of esters is 1. The van der Waals surface area contributed by atoms with E-state index in [4.69, 9.17) is 25.8 Å². The van der Waals surface area contributed by atoms with Gasteiger partial charge in [0.25, 0.3) is 0 Å². The Morgan fingerprint density at radius 3 is 2.08 bits per heavy atom. The van der Waals surface area contributed by atoms with Gasteiger partial charge in [-0.05, 0) is 97.0 Å². The second kappa shape index (κ2) is 16.2. The number of hydrogen-bond acceptors (Lipinski definition) is 6. The molecule has 0 saturated heterocycles. The number of nitrogens with one attached hydrogen (secondary N) is 1. The fourth-order valence-electron chi connectivity index (χ4n) is 6.11. The van der Waals surface area contributed by atoms with Crippen molar-refractivity contribution in [3.63, 3.8) is 0 Å². The molecule has 266 valence electrons. The molecule has 1 aliphatic rings. The zero-order valence-corrected chi connectivity index (χ0v) is 30.1. The monoisotopic (exact) mass is 716 g/mol. The van der Waals surface area contributed by atoms with Crippen molar-refractivity contribution in [1.29, 1.82) is 0 Å². The molecule has 0 spiro atoms. The van der Waals surface area contributed by atoms with Crippen LogP contribution in [-0.2, 0) is 20.7 Å². The first-order valence-corrected chi connectivity index (χ1v) is 17.7. The Hall–Kier alpha value is -5.60. The molecule has 0 fully saturated rings. The van der Waals surface area contributed by atoms with Crippen molar-refractivity contribution < 1.29 is 28.6 Å². The molecule has 9 heteroatoms. The fraction of sp³-hybridized carbons (Fsp3) is 0.233. The summed E-state index contributed by atoms with van der Waals surface area (Å²) in [5, 5.41) is 3.48. The molecule has 0 aromatic heterocycles. The normalized spacial score (nSPS) is 14.5. The lowest BCUT2D eigenvalue weighted by Gasteiger charge is -2.37. The van der Waals surface area contributed by atoms with Crippen molar-refractivity contribution in [2.75, 3.05) is 13.1 Å². The van der Waals surface area contributed by atoms with Gasteiger partial charge in [0.15, 0.2) is 0 Å². The molecule has 0 bridgehead atoms. The minimum absolute atomic E-state index is 0.0105. The van der Waals surface area contributed by atoms with E-state index >= 15 is 0 Å². The lowest BCUT2D eigenvalue weighted by molar-refractivity contribution is -0.134. The zero-order chi connectivity index (χ0) is 36.7. The summed E-state index contributed by atoms with van der Waals surface area (Å²) in [5.41, 5.74) is 4.66. The highest BCUT2D eigenvalue weighted by molar-refractivity contribution is 6.30. The van der Waals surface area contributed by atoms with Gasteiger partial charge >= 0.3 is 12.1 Å². The van der Waals surface area contributed by atoms with Crippen LogP contribution in [0.3, 0.4) is 0 Å². The van der Waals surface area contributed by atoms with Gasteiger partial charge in [-0.1, -0.05) is 103 Å². The second-order valence-electron chi connectivity index (χ2n) is 13.6. The maximum absolute atomic E-state index is 14.0. The number of halogens is 1. The number of ether oxygens (including phenoxy) is 3. The molecule has 5 aromatic carbocycles. The topological polar surface area (TPSA) is 94.2 Å². The maximum atomic E-state index is 14.0. The lowest BCUT2D eigenvalue weighted by atomic mass is 9.91. The minimum atomic E-state index is -1.02. The van der Waals surface area contributed by atoms with Crippen LogP contribution < -0.4 is 14.8 Å². The number of hydrogen-bond donors (Lipinski definition) is 1. The molecule has 0 unspecified atom stereocenters. The Morgan fingerprint density at radius 1 is 0.788 bits per heavy atom. The van der Waals surface area contributed by atoms with Crippen LogP contribution in [-0.4, -0.2) is 41.6 Å². The Bertz CT molecular complexity index is 1990. The predicted octanol–water partition coefficient (Wildman–Crippen LogP) is 9.12. The summed E-state index contributed by atoms with van der Waals surface area (Å²) in [5.74, 6) is -0.00608. The molecule has 0 saturated carbocycles.